The van der Waals surface area contributed by atoms with Crippen molar-refractivity contribution in [3.8, 4) is 0 Å². The number of benzene rings is 2. The number of likely N-dealkylation sites (N-methyl/N-ethyl adjacent to an activating group) is 1. The summed E-state index contributed by atoms with van der Waals surface area (Å²) in [5.74, 6) is -0.124. The van der Waals surface area contributed by atoms with Crippen LogP contribution in [0.5, 0.6) is 0 Å². The molecular weight excluding hydrogens is 338 g/mol. The smallest absolute Gasteiger partial charge is 0.269 e. The van der Waals surface area contributed by atoms with Crippen LogP contribution in [0.2, 0.25) is 0 Å². The van der Waals surface area contributed by atoms with E-state index in [2.05, 4.69) is 5.32 Å². The Morgan fingerprint density at radius 3 is 2.68 bits per heavy atom. The maximum Gasteiger partial charge on any atom is 0.269 e. The molecule has 1 atom stereocenters. The van der Waals surface area contributed by atoms with Crippen molar-refractivity contribution in [1.82, 2.24) is 4.90 Å². The van der Waals surface area contributed by atoms with Gasteiger partial charge in [0.1, 0.15) is 0 Å². The number of para-hydroxylation sites is 1. The molecule has 25 heavy (non-hydrogen) atoms. The fraction of sp³-hybridized carbons (Fsp3) is 0.278. The molecule has 0 heterocycles. The molecule has 0 bridgehead atoms. The highest BCUT2D eigenvalue weighted by atomic mass is 32.2. The number of amides is 1. The van der Waals surface area contributed by atoms with Crippen LogP contribution in [0.3, 0.4) is 0 Å². The number of anilines is 1. The zero-order valence-corrected chi connectivity index (χ0v) is 15.2. The van der Waals surface area contributed by atoms with Gasteiger partial charge in [0.25, 0.3) is 5.69 Å². The third kappa shape index (κ3) is 5.04. The van der Waals surface area contributed by atoms with Crippen molar-refractivity contribution in [2.75, 3.05) is 25.2 Å². The third-order valence-corrected chi connectivity index (χ3v) is 4.79. The largest absolute Gasteiger partial charge is 0.324 e. The molecular formula is C18H21N3O3S. The Bertz CT molecular complexity index is 767. The van der Waals surface area contributed by atoms with Gasteiger partial charge < -0.3 is 5.32 Å². The lowest BCUT2D eigenvalue weighted by Crippen LogP contribution is -2.32. The predicted octanol–water partition coefficient (Wildman–Crippen LogP) is 3.95. The Kier molecular flexibility index (Phi) is 6.55. The lowest BCUT2D eigenvalue weighted by atomic mass is 10.1. The second kappa shape index (κ2) is 8.64. The molecule has 0 aromatic heterocycles. The quantitative estimate of drug-likeness (QED) is 0.460. The lowest BCUT2D eigenvalue weighted by Gasteiger charge is -2.24. The predicted molar refractivity (Wildman–Crippen MR) is 101 cm³/mol. The van der Waals surface area contributed by atoms with Crippen LogP contribution in [0.25, 0.3) is 0 Å². The zero-order valence-electron chi connectivity index (χ0n) is 14.4. The van der Waals surface area contributed by atoms with E-state index in [9.17, 15) is 14.9 Å². The SMILES string of the molecule is CSc1ccccc1NC(=O)CN(C)[C@@H](C)c1cccc([N+](=O)[O-])c1. The van der Waals surface area contributed by atoms with Crippen molar-refractivity contribution in [2.24, 2.45) is 0 Å². The Hall–Kier alpha value is -2.38. The molecule has 0 aliphatic carbocycles. The molecule has 0 saturated carbocycles. The Morgan fingerprint density at radius 1 is 1.28 bits per heavy atom. The van der Waals surface area contributed by atoms with Gasteiger partial charge in [0.15, 0.2) is 0 Å². The van der Waals surface area contributed by atoms with Crippen LogP contribution in [0.1, 0.15) is 18.5 Å². The van der Waals surface area contributed by atoms with Gasteiger partial charge in [0.2, 0.25) is 5.91 Å². The fourth-order valence-electron chi connectivity index (χ4n) is 2.45. The van der Waals surface area contributed by atoms with Crippen molar-refractivity contribution in [3.63, 3.8) is 0 Å². The number of hydrogen-bond donors (Lipinski definition) is 1. The average molecular weight is 359 g/mol. The number of thioether (sulfide) groups is 1. The van der Waals surface area contributed by atoms with E-state index in [0.29, 0.717) is 0 Å². The number of non-ortho nitro benzene ring substituents is 1. The van der Waals surface area contributed by atoms with Gasteiger partial charge in [-0.15, -0.1) is 11.8 Å². The van der Waals surface area contributed by atoms with Crippen LogP contribution in [0, 0.1) is 10.1 Å². The normalized spacial score (nSPS) is 12.0. The first-order chi connectivity index (χ1) is 11.9. The third-order valence-electron chi connectivity index (χ3n) is 4.00. The number of carbonyl (C=O) groups excluding carboxylic acids is 1. The topological polar surface area (TPSA) is 75.5 Å². The van der Waals surface area contributed by atoms with Gasteiger partial charge in [-0.05, 0) is 37.9 Å². The first-order valence-corrected chi connectivity index (χ1v) is 9.02. The first-order valence-electron chi connectivity index (χ1n) is 7.80. The number of nitro groups is 1. The highest BCUT2D eigenvalue weighted by molar-refractivity contribution is 7.98. The van der Waals surface area contributed by atoms with E-state index in [4.69, 9.17) is 0 Å². The van der Waals surface area contributed by atoms with Gasteiger partial charge in [-0.3, -0.25) is 19.8 Å². The Morgan fingerprint density at radius 2 is 2.00 bits per heavy atom. The summed E-state index contributed by atoms with van der Waals surface area (Å²) in [7, 11) is 1.82. The van der Waals surface area contributed by atoms with Gasteiger partial charge in [0, 0.05) is 23.1 Å². The van der Waals surface area contributed by atoms with Gasteiger partial charge in [0.05, 0.1) is 17.2 Å². The molecule has 1 N–H and O–H groups in total. The van der Waals surface area contributed by atoms with Crippen LogP contribution in [-0.2, 0) is 4.79 Å². The summed E-state index contributed by atoms with van der Waals surface area (Å²) in [6, 6.07) is 14.0. The van der Waals surface area contributed by atoms with Crippen molar-refractivity contribution in [3.05, 3.63) is 64.2 Å². The van der Waals surface area contributed by atoms with Crippen molar-refractivity contribution >= 4 is 29.0 Å². The van der Waals surface area contributed by atoms with Gasteiger partial charge in [-0.2, -0.15) is 0 Å². The summed E-state index contributed by atoms with van der Waals surface area (Å²) in [4.78, 5) is 25.7. The highest BCUT2D eigenvalue weighted by Gasteiger charge is 2.17. The van der Waals surface area contributed by atoms with Crippen molar-refractivity contribution in [2.45, 2.75) is 17.9 Å². The number of nitro benzene ring substituents is 1. The summed E-state index contributed by atoms with van der Waals surface area (Å²) in [5, 5.41) is 13.8. The second-order valence-corrected chi connectivity index (χ2v) is 6.54. The maximum absolute atomic E-state index is 12.3. The van der Waals surface area contributed by atoms with Crippen LogP contribution in [-0.4, -0.2) is 35.6 Å². The summed E-state index contributed by atoms with van der Waals surface area (Å²) in [6.07, 6.45) is 1.96. The van der Waals surface area contributed by atoms with Crippen LogP contribution < -0.4 is 5.32 Å². The van der Waals surface area contributed by atoms with Crippen molar-refractivity contribution in [1.29, 1.82) is 0 Å². The molecule has 2 aromatic carbocycles. The lowest BCUT2D eigenvalue weighted by molar-refractivity contribution is -0.384. The molecule has 2 aromatic rings. The van der Waals surface area contributed by atoms with Crippen LogP contribution >= 0.6 is 11.8 Å². The van der Waals surface area contributed by atoms with Gasteiger partial charge >= 0.3 is 0 Å². The van der Waals surface area contributed by atoms with Crippen LogP contribution in [0.4, 0.5) is 11.4 Å². The van der Waals surface area contributed by atoms with Gasteiger partial charge in [-0.25, -0.2) is 0 Å². The minimum Gasteiger partial charge on any atom is -0.324 e. The van der Waals surface area contributed by atoms with E-state index in [-0.39, 0.29) is 24.2 Å². The van der Waals surface area contributed by atoms with Crippen molar-refractivity contribution < 1.29 is 9.72 Å². The number of hydrogen-bond acceptors (Lipinski definition) is 5. The number of nitrogens with one attached hydrogen (secondary N) is 1. The Balaban J connectivity index is 2.03. The molecule has 1 amide bonds. The number of carbonyl (C=O) groups is 1. The molecule has 132 valence electrons. The summed E-state index contributed by atoms with van der Waals surface area (Å²) in [5.41, 5.74) is 1.64. The monoisotopic (exact) mass is 359 g/mol. The molecule has 0 fully saturated rings. The molecule has 0 saturated heterocycles. The number of rotatable bonds is 7. The molecule has 0 aliphatic rings. The summed E-state index contributed by atoms with van der Waals surface area (Å²) < 4.78 is 0. The van der Waals surface area contributed by atoms with E-state index in [1.54, 1.807) is 23.9 Å². The molecule has 0 unspecified atom stereocenters. The van der Waals surface area contributed by atoms with E-state index < -0.39 is 4.92 Å². The van der Waals surface area contributed by atoms with E-state index >= 15 is 0 Å². The second-order valence-electron chi connectivity index (χ2n) is 5.69. The zero-order chi connectivity index (χ0) is 18.4. The molecule has 0 spiro atoms. The Labute approximate surface area is 151 Å². The molecule has 7 heteroatoms. The summed E-state index contributed by atoms with van der Waals surface area (Å²) in [6.45, 7) is 2.11. The number of nitrogens with zero attached hydrogens (tertiary/aromatic N) is 2. The summed E-state index contributed by atoms with van der Waals surface area (Å²) >= 11 is 1.57. The van der Waals surface area contributed by atoms with E-state index in [1.165, 1.54) is 6.07 Å². The molecule has 0 radical (unpaired) electrons. The van der Waals surface area contributed by atoms with Crippen LogP contribution in [0.15, 0.2) is 53.4 Å². The fourth-order valence-corrected chi connectivity index (χ4v) is 3.01. The first kappa shape index (κ1) is 19.0. The minimum atomic E-state index is -0.414. The average Bonchev–Trinajstić information content (AvgIpc) is 2.61. The molecule has 0 aliphatic heterocycles. The van der Waals surface area contributed by atoms with Gasteiger partial charge in [-0.1, -0.05) is 24.3 Å². The molecule has 6 nitrogen and oxygen atoms in total. The van der Waals surface area contributed by atoms with E-state index in [1.807, 2.05) is 55.5 Å². The van der Waals surface area contributed by atoms with E-state index in [0.717, 1.165) is 16.1 Å². The highest BCUT2D eigenvalue weighted by Crippen LogP contribution is 2.25. The molecule has 2 rings (SSSR count). The maximum atomic E-state index is 12.3. The minimum absolute atomic E-state index is 0.0519. The standard InChI is InChI=1S/C18H21N3O3S/c1-13(14-7-6-8-15(11-14)21(23)24)20(2)12-18(22)19-16-9-4-5-10-17(16)25-3/h4-11,13H,12H2,1-3H3,(H,19,22)/t13-/m0/s1.